The molecule has 0 aromatic carbocycles. The second-order valence-electron chi connectivity index (χ2n) is 3.50. The highest BCUT2D eigenvalue weighted by Crippen LogP contribution is 2.56. The largest absolute Gasteiger partial charge is 0.337 e. The Bertz CT molecular complexity index is 189. The normalized spacial score (nSPS) is 38.4. The van der Waals surface area contributed by atoms with Crippen LogP contribution in [-0.4, -0.2) is 19.9 Å². The van der Waals surface area contributed by atoms with E-state index in [1.807, 2.05) is 0 Å². The van der Waals surface area contributed by atoms with E-state index in [1.165, 1.54) is 12.8 Å². The highest BCUT2D eigenvalue weighted by atomic mass is 31.2. The van der Waals surface area contributed by atoms with Crippen molar-refractivity contribution in [1.82, 2.24) is 0 Å². The van der Waals surface area contributed by atoms with Gasteiger partial charge in [-0.3, -0.25) is 0 Å². The molecule has 1 saturated carbocycles. The highest BCUT2D eigenvalue weighted by molar-refractivity contribution is 7.48. The standard InChI is InChI=1S/C9H15O2P/c1-10-12(11-2)9-6-7-3-4-8(9)5-7/h3-4,7-9H,5-6H2,1-2H3. The van der Waals surface area contributed by atoms with E-state index in [0.717, 1.165) is 11.8 Å². The van der Waals surface area contributed by atoms with Gasteiger partial charge in [-0.15, -0.1) is 0 Å². The molecule has 3 unspecified atom stereocenters. The van der Waals surface area contributed by atoms with Crippen molar-refractivity contribution in [3.8, 4) is 0 Å². The van der Waals surface area contributed by atoms with E-state index in [2.05, 4.69) is 12.2 Å². The summed E-state index contributed by atoms with van der Waals surface area (Å²) < 4.78 is 10.7. The molecule has 0 aromatic heterocycles. The fourth-order valence-corrected chi connectivity index (χ4v) is 4.01. The van der Waals surface area contributed by atoms with Gasteiger partial charge in [0.25, 0.3) is 0 Å². The zero-order valence-corrected chi connectivity index (χ0v) is 8.46. The molecule has 0 saturated heterocycles. The van der Waals surface area contributed by atoms with Crippen LogP contribution in [0.2, 0.25) is 0 Å². The van der Waals surface area contributed by atoms with Crippen LogP contribution in [0.15, 0.2) is 12.2 Å². The number of hydrogen-bond acceptors (Lipinski definition) is 2. The molecule has 2 nitrogen and oxygen atoms in total. The summed E-state index contributed by atoms with van der Waals surface area (Å²) in [6, 6.07) is 0. The van der Waals surface area contributed by atoms with Crippen LogP contribution in [0.3, 0.4) is 0 Å². The van der Waals surface area contributed by atoms with E-state index >= 15 is 0 Å². The summed E-state index contributed by atoms with van der Waals surface area (Å²) in [6.07, 6.45) is 7.29. The van der Waals surface area contributed by atoms with Gasteiger partial charge in [0.15, 0.2) is 8.38 Å². The van der Waals surface area contributed by atoms with Crippen molar-refractivity contribution in [3.05, 3.63) is 12.2 Å². The maximum Gasteiger partial charge on any atom is 0.173 e. The highest BCUT2D eigenvalue weighted by Gasteiger charge is 2.41. The molecular weight excluding hydrogens is 171 g/mol. The van der Waals surface area contributed by atoms with Crippen molar-refractivity contribution in [2.75, 3.05) is 14.2 Å². The Morgan fingerprint density at radius 3 is 2.33 bits per heavy atom. The van der Waals surface area contributed by atoms with Crippen molar-refractivity contribution in [2.45, 2.75) is 18.5 Å². The number of hydrogen-bond donors (Lipinski definition) is 0. The molecule has 2 rings (SSSR count). The summed E-state index contributed by atoms with van der Waals surface area (Å²) in [7, 11) is 2.89. The van der Waals surface area contributed by atoms with E-state index in [1.54, 1.807) is 14.2 Å². The Hall–Kier alpha value is 0.0900. The SMILES string of the molecule is COP(OC)C1CC2C=CC1C2. The molecule has 0 aromatic rings. The first kappa shape index (κ1) is 8.68. The molecular formula is C9H15O2P. The summed E-state index contributed by atoms with van der Waals surface area (Å²) in [5.74, 6) is 1.55. The number of rotatable bonds is 3. The fourth-order valence-electron chi connectivity index (χ4n) is 2.34. The summed E-state index contributed by atoms with van der Waals surface area (Å²) in [4.78, 5) is 0. The lowest BCUT2D eigenvalue weighted by Gasteiger charge is -2.24. The van der Waals surface area contributed by atoms with E-state index in [4.69, 9.17) is 9.05 Å². The molecule has 3 heteroatoms. The zero-order valence-electron chi connectivity index (χ0n) is 7.56. The summed E-state index contributed by atoms with van der Waals surface area (Å²) >= 11 is 0. The van der Waals surface area contributed by atoms with Gasteiger partial charge >= 0.3 is 0 Å². The minimum atomic E-state index is -0.623. The van der Waals surface area contributed by atoms with Crippen LogP contribution in [0.25, 0.3) is 0 Å². The maximum absolute atomic E-state index is 5.34. The molecule has 0 aliphatic heterocycles. The minimum absolute atomic E-state index is 0.623. The average molecular weight is 186 g/mol. The molecule has 68 valence electrons. The third-order valence-corrected chi connectivity index (χ3v) is 4.73. The van der Waals surface area contributed by atoms with Gasteiger partial charge in [-0.2, -0.15) is 0 Å². The van der Waals surface area contributed by atoms with Crippen LogP contribution in [0.1, 0.15) is 12.8 Å². The molecule has 2 aliphatic rings. The Morgan fingerprint density at radius 2 is 1.92 bits per heavy atom. The Labute approximate surface area is 74.9 Å². The van der Waals surface area contributed by atoms with Crippen LogP contribution < -0.4 is 0 Å². The van der Waals surface area contributed by atoms with Gasteiger partial charge in [0.2, 0.25) is 0 Å². The van der Waals surface area contributed by atoms with Crippen molar-refractivity contribution in [3.63, 3.8) is 0 Å². The zero-order chi connectivity index (χ0) is 8.55. The quantitative estimate of drug-likeness (QED) is 0.498. The number of fused-ring (bicyclic) bond motifs is 2. The van der Waals surface area contributed by atoms with Gasteiger partial charge in [-0.25, -0.2) is 0 Å². The van der Waals surface area contributed by atoms with E-state index in [9.17, 15) is 0 Å². The molecule has 0 heterocycles. The van der Waals surface area contributed by atoms with Crippen molar-refractivity contribution in [2.24, 2.45) is 11.8 Å². The molecule has 2 bridgehead atoms. The second-order valence-corrected chi connectivity index (χ2v) is 5.46. The summed E-state index contributed by atoms with van der Waals surface area (Å²) in [5.41, 5.74) is 0.657. The van der Waals surface area contributed by atoms with Crippen molar-refractivity contribution in [1.29, 1.82) is 0 Å². The smallest absolute Gasteiger partial charge is 0.173 e. The van der Waals surface area contributed by atoms with E-state index < -0.39 is 8.38 Å². The lowest BCUT2D eigenvalue weighted by Crippen LogP contribution is -2.13. The van der Waals surface area contributed by atoms with E-state index in [-0.39, 0.29) is 0 Å². The summed E-state index contributed by atoms with van der Waals surface area (Å²) in [6.45, 7) is 0. The molecule has 1 fully saturated rings. The first-order valence-corrected chi connectivity index (χ1v) is 5.65. The van der Waals surface area contributed by atoms with Gasteiger partial charge in [0.05, 0.1) is 0 Å². The summed E-state index contributed by atoms with van der Waals surface area (Å²) in [5, 5.41) is 0. The molecule has 0 spiro atoms. The Morgan fingerprint density at radius 1 is 1.17 bits per heavy atom. The van der Waals surface area contributed by atoms with Gasteiger partial charge in [0.1, 0.15) is 0 Å². The lowest BCUT2D eigenvalue weighted by molar-refractivity contribution is 0.325. The lowest BCUT2D eigenvalue weighted by atomic mass is 10.1. The predicted molar refractivity (Wildman–Crippen MR) is 50.1 cm³/mol. The van der Waals surface area contributed by atoms with Gasteiger partial charge < -0.3 is 9.05 Å². The Balaban J connectivity index is 2.01. The molecule has 2 aliphatic carbocycles. The first-order chi connectivity index (χ1) is 5.85. The van der Waals surface area contributed by atoms with Crippen LogP contribution in [0, 0.1) is 11.8 Å². The fraction of sp³-hybridized carbons (Fsp3) is 0.778. The van der Waals surface area contributed by atoms with Crippen LogP contribution in [0.5, 0.6) is 0 Å². The van der Waals surface area contributed by atoms with Gasteiger partial charge in [0, 0.05) is 19.9 Å². The maximum atomic E-state index is 5.34. The van der Waals surface area contributed by atoms with Crippen LogP contribution in [0.4, 0.5) is 0 Å². The minimum Gasteiger partial charge on any atom is -0.337 e. The van der Waals surface area contributed by atoms with Crippen LogP contribution >= 0.6 is 8.38 Å². The second kappa shape index (κ2) is 3.45. The van der Waals surface area contributed by atoms with E-state index in [0.29, 0.717) is 5.66 Å². The average Bonchev–Trinajstić information content (AvgIpc) is 2.67. The third kappa shape index (κ3) is 1.32. The molecule has 0 amide bonds. The topological polar surface area (TPSA) is 18.5 Å². The Kier molecular flexibility index (Phi) is 2.49. The molecule has 3 atom stereocenters. The van der Waals surface area contributed by atoms with Gasteiger partial charge in [-0.1, -0.05) is 12.2 Å². The van der Waals surface area contributed by atoms with Crippen LogP contribution in [-0.2, 0) is 9.05 Å². The molecule has 0 radical (unpaired) electrons. The third-order valence-electron chi connectivity index (χ3n) is 2.87. The van der Waals surface area contributed by atoms with Crippen molar-refractivity contribution >= 4 is 8.38 Å². The molecule has 12 heavy (non-hydrogen) atoms. The molecule has 0 N–H and O–H groups in total. The predicted octanol–water partition coefficient (Wildman–Crippen LogP) is 2.56. The first-order valence-electron chi connectivity index (χ1n) is 4.41. The number of allylic oxidation sites excluding steroid dienone is 2. The van der Waals surface area contributed by atoms with Gasteiger partial charge in [-0.05, 0) is 24.7 Å². The van der Waals surface area contributed by atoms with Crippen molar-refractivity contribution < 1.29 is 9.05 Å². The monoisotopic (exact) mass is 186 g/mol.